The molecule has 0 unspecified atom stereocenters. The highest BCUT2D eigenvalue weighted by Crippen LogP contribution is 2.28. The third kappa shape index (κ3) is 5.11. The van der Waals surface area contributed by atoms with Gasteiger partial charge in [-0.25, -0.2) is 4.79 Å². The van der Waals surface area contributed by atoms with E-state index in [2.05, 4.69) is 11.4 Å². The molecule has 2 aromatic carbocycles. The van der Waals surface area contributed by atoms with Gasteiger partial charge in [0.1, 0.15) is 5.75 Å². The maximum Gasteiger partial charge on any atom is 0.337 e. The normalized spacial score (nSPS) is 13.6. The Bertz CT molecular complexity index is 892. The van der Waals surface area contributed by atoms with Crippen molar-refractivity contribution in [1.82, 2.24) is 0 Å². The maximum absolute atomic E-state index is 12.2. The lowest BCUT2D eigenvalue weighted by Crippen LogP contribution is -2.21. The monoisotopic (exact) mass is 385 g/mol. The van der Waals surface area contributed by atoms with Crippen LogP contribution in [0.15, 0.2) is 48.5 Å². The Balaban J connectivity index is 1.63. The van der Waals surface area contributed by atoms with Crippen LogP contribution in [0.5, 0.6) is 5.75 Å². The Hall–Kier alpha value is -2.79. The number of aromatic carboxylic acids is 1. The van der Waals surface area contributed by atoms with Crippen LogP contribution in [0.3, 0.4) is 0 Å². The number of nitrogens with one attached hydrogen (secondary N) is 1. The maximum atomic E-state index is 12.2. The van der Waals surface area contributed by atoms with Crippen molar-refractivity contribution in [3.8, 4) is 5.75 Å². The van der Waals surface area contributed by atoms with Gasteiger partial charge in [0, 0.05) is 5.02 Å². The highest BCUT2D eigenvalue weighted by Gasteiger charge is 2.14. The van der Waals surface area contributed by atoms with Crippen molar-refractivity contribution >= 4 is 34.7 Å². The topological polar surface area (TPSA) is 75.6 Å². The summed E-state index contributed by atoms with van der Waals surface area (Å²) in [5.74, 6) is -1.01. The van der Waals surface area contributed by atoms with E-state index < -0.39 is 11.9 Å². The van der Waals surface area contributed by atoms with E-state index in [0.29, 0.717) is 5.75 Å². The molecule has 0 saturated carbocycles. The first-order chi connectivity index (χ1) is 13.0. The Labute approximate surface area is 162 Å². The van der Waals surface area contributed by atoms with Crippen LogP contribution in [-0.2, 0) is 4.79 Å². The number of hydrogen-bond donors (Lipinski definition) is 2. The molecular weight excluding hydrogens is 366 g/mol. The zero-order valence-electron chi connectivity index (χ0n) is 14.7. The number of anilines is 1. The van der Waals surface area contributed by atoms with Gasteiger partial charge in [-0.2, -0.15) is 0 Å². The molecule has 0 saturated heterocycles. The average molecular weight is 386 g/mol. The van der Waals surface area contributed by atoms with Crippen molar-refractivity contribution < 1.29 is 19.4 Å². The molecule has 1 amide bonds. The third-order valence-corrected chi connectivity index (χ3v) is 4.59. The highest BCUT2D eigenvalue weighted by molar-refractivity contribution is 6.31. The first-order valence-corrected chi connectivity index (χ1v) is 9.16. The molecule has 0 atom stereocenters. The molecule has 0 fully saturated rings. The summed E-state index contributed by atoms with van der Waals surface area (Å²) in [6.07, 6.45) is 6.81. The molecule has 3 rings (SSSR count). The summed E-state index contributed by atoms with van der Waals surface area (Å²) in [5, 5.41) is 12.1. The van der Waals surface area contributed by atoms with Crippen LogP contribution in [-0.4, -0.2) is 23.6 Å². The number of carboxylic acids is 1. The van der Waals surface area contributed by atoms with E-state index >= 15 is 0 Å². The van der Waals surface area contributed by atoms with E-state index in [-0.39, 0.29) is 22.9 Å². The highest BCUT2D eigenvalue weighted by atomic mass is 35.5. The van der Waals surface area contributed by atoms with Crippen molar-refractivity contribution in [3.63, 3.8) is 0 Å². The number of hydrogen-bond acceptors (Lipinski definition) is 3. The summed E-state index contributed by atoms with van der Waals surface area (Å²) in [6, 6.07) is 11.9. The van der Waals surface area contributed by atoms with Crippen molar-refractivity contribution in [2.45, 2.75) is 25.7 Å². The number of allylic oxidation sites excluding steroid dienone is 2. The quantitative estimate of drug-likeness (QED) is 0.732. The van der Waals surface area contributed by atoms with E-state index in [1.165, 1.54) is 36.6 Å². The third-order valence-electron chi connectivity index (χ3n) is 4.35. The Morgan fingerprint density at radius 2 is 2.00 bits per heavy atom. The number of carbonyl (C=O) groups excluding carboxylic acids is 1. The van der Waals surface area contributed by atoms with Gasteiger partial charge in [0.15, 0.2) is 6.61 Å². The molecule has 2 aromatic rings. The van der Waals surface area contributed by atoms with Gasteiger partial charge >= 0.3 is 5.97 Å². The number of carboxylic acid groups (broad SMARTS) is 1. The standard InChI is InChI=1S/C21H20ClNO4/c22-16-9-10-19(18(12-16)21(25)26)23-20(24)13-27-17-8-4-7-15(11-17)14-5-2-1-3-6-14/h4-5,7-12H,1-3,6,13H2,(H,23,24)(H,25,26). The molecule has 0 aromatic heterocycles. The van der Waals surface area contributed by atoms with Crippen molar-refractivity contribution in [1.29, 1.82) is 0 Å². The number of benzene rings is 2. The van der Waals surface area contributed by atoms with Crippen LogP contribution in [0.25, 0.3) is 5.57 Å². The zero-order chi connectivity index (χ0) is 19.2. The molecule has 1 aliphatic rings. The molecule has 0 aliphatic heterocycles. The first kappa shape index (κ1) is 19.0. The van der Waals surface area contributed by atoms with E-state index in [1.54, 1.807) is 6.07 Å². The molecule has 6 heteroatoms. The Morgan fingerprint density at radius 1 is 1.15 bits per heavy atom. The van der Waals surface area contributed by atoms with Crippen molar-refractivity contribution in [2.75, 3.05) is 11.9 Å². The summed E-state index contributed by atoms with van der Waals surface area (Å²) in [6.45, 7) is -0.218. The van der Waals surface area contributed by atoms with Crippen molar-refractivity contribution in [3.05, 3.63) is 64.7 Å². The van der Waals surface area contributed by atoms with E-state index in [4.69, 9.17) is 16.3 Å². The molecule has 0 bridgehead atoms. The first-order valence-electron chi connectivity index (χ1n) is 8.78. The number of carbonyl (C=O) groups is 2. The average Bonchev–Trinajstić information content (AvgIpc) is 2.68. The van der Waals surface area contributed by atoms with Crippen molar-refractivity contribution in [2.24, 2.45) is 0 Å². The molecule has 0 heterocycles. The molecule has 1 aliphatic carbocycles. The number of amides is 1. The molecule has 2 N–H and O–H groups in total. The number of halogens is 1. The lowest BCUT2D eigenvalue weighted by atomic mass is 9.94. The summed E-state index contributed by atoms with van der Waals surface area (Å²) in [7, 11) is 0. The minimum absolute atomic E-state index is 0.0675. The summed E-state index contributed by atoms with van der Waals surface area (Å²) < 4.78 is 5.58. The van der Waals surface area contributed by atoms with Gasteiger partial charge in [0.2, 0.25) is 0 Å². The second-order valence-electron chi connectivity index (χ2n) is 6.33. The van der Waals surface area contributed by atoms with Gasteiger partial charge in [0.05, 0.1) is 11.3 Å². The largest absolute Gasteiger partial charge is 0.484 e. The van der Waals surface area contributed by atoms with Gasteiger partial charge in [-0.05, 0) is 67.2 Å². The summed E-state index contributed by atoms with van der Waals surface area (Å²) in [4.78, 5) is 23.4. The van der Waals surface area contributed by atoms with Gasteiger partial charge < -0.3 is 15.2 Å². The van der Waals surface area contributed by atoms with Gasteiger partial charge in [-0.3, -0.25) is 4.79 Å². The fourth-order valence-electron chi connectivity index (χ4n) is 3.02. The summed E-state index contributed by atoms with van der Waals surface area (Å²) >= 11 is 5.81. The van der Waals surface area contributed by atoms with E-state index in [1.807, 2.05) is 18.2 Å². The van der Waals surface area contributed by atoms with E-state index in [9.17, 15) is 14.7 Å². The second-order valence-corrected chi connectivity index (χ2v) is 6.77. The van der Waals surface area contributed by atoms with Crippen LogP contribution in [0.4, 0.5) is 5.69 Å². The van der Waals surface area contributed by atoms with Crippen LogP contribution in [0.2, 0.25) is 5.02 Å². The number of rotatable bonds is 6. The molecule has 27 heavy (non-hydrogen) atoms. The second kappa shape index (κ2) is 8.73. The molecule has 5 nitrogen and oxygen atoms in total. The fraction of sp³-hybridized carbons (Fsp3) is 0.238. The van der Waals surface area contributed by atoms with Crippen LogP contribution < -0.4 is 10.1 Å². The summed E-state index contributed by atoms with van der Waals surface area (Å²) in [5.41, 5.74) is 2.53. The van der Waals surface area contributed by atoms with Crippen LogP contribution in [0.1, 0.15) is 41.6 Å². The van der Waals surface area contributed by atoms with Gasteiger partial charge in [-0.15, -0.1) is 0 Å². The molecule has 0 spiro atoms. The SMILES string of the molecule is O=C(COc1cccc(C2=CCCCC2)c1)Nc1ccc(Cl)cc1C(=O)O. The lowest BCUT2D eigenvalue weighted by Gasteiger charge is -2.14. The number of ether oxygens (including phenoxy) is 1. The van der Waals surface area contributed by atoms with Crippen LogP contribution >= 0.6 is 11.6 Å². The van der Waals surface area contributed by atoms with Crippen LogP contribution in [0, 0.1) is 0 Å². The minimum atomic E-state index is -1.16. The molecule has 0 radical (unpaired) electrons. The predicted molar refractivity (Wildman–Crippen MR) is 105 cm³/mol. The Kier molecular flexibility index (Phi) is 6.14. The fourth-order valence-corrected chi connectivity index (χ4v) is 3.20. The zero-order valence-corrected chi connectivity index (χ0v) is 15.5. The van der Waals surface area contributed by atoms with Gasteiger partial charge in [0.25, 0.3) is 5.91 Å². The predicted octanol–water partition coefficient (Wildman–Crippen LogP) is 5.01. The molecule has 140 valence electrons. The Morgan fingerprint density at radius 3 is 2.74 bits per heavy atom. The molecular formula is C21H20ClNO4. The lowest BCUT2D eigenvalue weighted by molar-refractivity contribution is -0.118. The van der Waals surface area contributed by atoms with Gasteiger partial charge in [-0.1, -0.05) is 29.8 Å². The van der Waals surface area contributed by atoms with E-state index in [0.717, 1.165) is 18.4 Å². The minimum Gasteiger partial charge on any atom is -0.484 e. The smallest absolute Gasteiger partial charge is 0.337 e.